The molecule has 144 valence electrons. The standard InChI is InChI=1S/C19H20Br2N2O4/c1-4-26-17-9-12(6-7-16(17)25-3)19(24)23-22-11-13-8-14(20)10-15(21)18(13)27-5-2/h6-11H,4-5H2,1-3H3,(H,23,24)/b22-11+. The van der Waals surface area contributed by atoms with E-state index in [0.29, 0.717) is 36.0 Å². The molecule has 2 aromatic carbocycles. The molecule has 0 aliphatic rings. The Morgan fingerprint density at radius 3 is 2.52 bits per heavy atom. The Morgan fingerprint density at radius 2 is 1.85 bits per heavy atom. The summed E-state index contributed by atoms with van der Waals surface area (Å²) < 4.78 is 18.0. The van der Waals surface area contributed by atoms with Gasteiger partial charge in [0.2, 0.25) is 0 Å². The first-order valence-electron chi connectivity index (χ1n) is 8.26. The Labute approximate surface area is 175 Å². The summed E-state index contributed by atoms with van der Waals surface area (Å²) in [5.74, 6) is 1.37. The lowest BCUT2D eigenvalue weighted by Crippen LogP contribution is -2.17. The number of rotatable bonds is 8. The minimum absolute atomic E-state index is 0.359. The van der Waals surface area contributed by atoms with E-state index in [4.69, 9.17) is 14.2 Å². The van der Waals surface area contributed by atoms with Crippen molar-refractivity contribution in [2.45, 2.75) is 13.8 Å². The summed E-state index contributed by atoms with van der Waals surface area (Å²) in [7, 11) is 1.55. The Kier molecular flexibility index (Phi) is 8.12. The second kappa shape index (κ2) is 10.3. The Bertz CT molecular complexity index is 841. The van der Waals surface area contributed by atoms with Crippen molar-refractivity contribution in [1.82, 2.24) is 5.43 Å². The van der Waals surface area contributed by atoms with Crippen LogP contribution in [0.4, 0.5) is 0 Å². The predicted molar refractivity (Wildman–Crippen MR) is 112 cm³/mol. The maximum absolute atomic E-state index is 12.4. The van der Waals surface area contributed by atoms with Gasteiger partial charge < -0.3 is 14.2 Å². The summed E-state index contributed by atoms with van der Waals surface area (Å²) in [6, 6.07) is 8.68. The second-order valence-electron chi connectivity index (χ2n) is 5.24. The van der Waals surface area contributed by atoms with Crippen molar-refractivity contribution < 1.29 is 19.0 Å². The predicted octanol–water partition coefficient (Wildman–Crippen LogP) is 4.78. The van der Waals surface area contributed by atoms with Gasteiger partial charge in [0.1, 0.15) is 5.75 Å². The van der Waals surface area contributed by atoms with E-state index in [0.717, 1.165) is 14.5 Å². The third kappa shape index (κ3) is 5.71. The van der Waals surface area contributed by atoms with Gasteiger partial charge in [-0.2, -0.15) is 5.10 Å². The maximum atomic E-state index is 12.4. The maximum Gasteiger partial charge on any atom is 0.271 e. The van der Waals surface area contributed by atoms with Gasteiger partial charge in [-0.25, -0.2) is 5.43 Å². The van der Waals surface area contributed by atoms with E-state index in [1.54, 1.807) is 25.3 Å². The molecular weight excluding hydrogens is 480 g/mol. The smallest absolute Gasteiger partial charge is 0.271 e. The van der Waals surface area contributed by atoms with Crippen molar-refractivity contribution in [2.24, 2.45) is 5.10 Å². The number of carbonyl (C=O) groups is 1. The van der Waals surface area contributed by atoms with E-state index < -0.39 is 0 Å². The third-order valence-corrected chi connectivity index (χ3v) is 4.47. The summed E-state index contributed by atoms with van der Waals surface area (Å²) in [5.41, 5.74) is 3.65. The van der Waals surface area contributed by atoms with Gasteiger partial charge in [-0.3, -0.25) is 4.79 Å². The van der Waals surface area contributed by atoms with E-state index in [1.807, 2.05) is 26.0 Å². The topological polar surface area (TPSA) is 69.2 Å². The van der Waals surface area contributed by atoms with Gasteiger partial charge in [-0.05, 0) is 60.1 Å². The zero-order valence-electron chi connectivity index (χ0n) is 15.2. The lowest BCUT2D eigenvalue weighted by atomic mass is 10.2. The van der Waals surface area contributed by atoms with Crippen LogP contribution in [0.3, 0.4) is 0 Å². The van der Waals surface area contributed by atoms with Crippen molar-refractivity contribution in [3.63, 3.8) is 0 Å². The number of hydrogen-bond acceptors (Lipinski definition) is 5. The van der Waals surface area contributed by atoms with Crippen LogP contribution in [-0.2, 0) is 0 Å². The van der Waals surface area contributed by atoms with Crippen molar-refractivity contribution in [2.75, 3.05) is 20.3 Å². The van der Waals surface area contributed by atoms with Crippen LogP contribution in [0.5, 0.6) is 17.2 Å². The Balaban J connectivity index is 2.17. The molecule has 0 unspecified atom stereocenters. The first-order valence-corrected chi connectivity index (χ1v) is 9.84. The molecule has 0 radical (unpaired) electrons. The number of nitrogens with zero attached hydrogens (tertiary/aromatic N) is 1. The number of nitrogens with one attached hydrogen (secondary N) is 1. The highest BCUT2D eigenvalue weighted by molar-refractivity contribution is 9.11. The number of benzene rings is 2. The van der Waals surface area contributed by atoms with E-state index >= 15 is 0 Å². The van der Waals surface area contributed by atoms with Crippen LogP contribution in [0.2, 0.25) is 0 Å². The highest BCUT2D eigenvalue weighted by Gasteiger charge is 2.11. The van der Waals surface area contributed by atoms with Crippen LogP contribution >= 0.6 is 31.9 Å². The van der Waals surface area contributed by atoms with Gasteiger partial charge in [-0.15, -0.1) is 0 Å². The summed E-state index contributed by atoms with van der Waals surface area (Å²) in [4.78, 5) is 12.4. The van der Waals surface area contributed by atoms with Crippen LogP contribution in [0.15, 0.2) is 44.4 Å². The summed E-state index contributed by atoms with van der Waals surface area (Å²) in [6.45, 7) is 4.75. The second-order valence-corrected chi connectivity index (χ2v) is 7.01. The molecule has 8 heteroatoms. The van der Waals surface area contributed by atoms with Crippen molar-refractivity contribution in [3.05, 3.63) is 50.4 Å². The van der Waals surface area contributed by atoms with Crippen LogP contribution in [0, 0.1) is 0 Å². The van der Waals surface area contributed by atoms with E-state index in [1.165, 1.54) is 6.21 Å². The highest BCUT2D eigenvalue weighted by atomic mass is 79.9. The molecule has 0 fully saturated rings. The number of amides is 1. The molecule has 0 saturated heterocycles. The molecule has 27 heavy (non-hydrogen) atoms. The summed E-state index contributed by atoms with van der Waals surface area (Å²) in [5, 5.41) is 4.04. The molecule has 6 nitrogen and oxygen atoms in total. The first-order chi connectivity index (χ1) is 13.0. The van der Waals surface area contributed by atoms with E-state index in [2.05, 4.69) is 42.4 Å². The van der Waals surface area contributed by atoms with Crippen molar-refractivity contribution >= 4 is 44.0 Å². The van der Waals surface area contributed by atoms with Crippen molar-refractivity contribution in [3.8, 4) is 17.2 Å². The lowest BCUT2D eigenvalue weighted by molar-refractivity contribution is 0.0954. The molecule has 1 amide bonds. The molecule has 2 aromatic rings. The fourth-order valence-electron chi connectivity index (χ4n) is 2.28. The van der Waals surface area contributed by atoms with Gasteiger partial charge in [0.05, 0.1) is 31.0 Å². The number of ether oxygens (including phenoxy) is 3. The molecule has 2 rings (SSSR count). The first kappa shape index (κ1) is 21.2. The number of halogens is 2. The van der Waals surface area contributed by atoms with Gasteiger partial charge in [0.25, 0.3) is 5.91 Å². The quantitative estimate of drug-likeness (QED) is 0.419. The van der Waals surface area contributed by atoms with Crippen LogP contribution in [0.25, 0.3) is 0 Å². The molecular formula is C19H20Br2N2O4. The highest BCUT2D eigenvalue weighted by Crippen LogP contribution is 2.32. The largest absolute Gasteiger partial charge is 0.493 e. The molecule has 0 heterocycles. The zero-order chi connectivity index (χ0) is 19.8. The fourth-order valence-corrected chi connectivity index (χ4v) is 3.66. The molecule has 0 aromatic heterocycles. The molecule has 0 aliphatic carbocycles. The molecule has 0 atom stereocenters. The van der Waals surface area contributed by atoms with Gasteiger partial charge in [-0.1, -0.05) is 15.9 Å². The summed E-state index contributed by atoms with van der Waals surface area (Å²) in [6.07, 6.45) is 1.53. The lowest BCUT2D eigenvalue weighted by Gasteiger charge is -2.11. The summed E-state index contributed by atoms with van der Waals surface area (Å²) >= 11 is 6.89. The zero-order valence-corrected chi connectivity index (χ0v) is 18.4. The monoisotopic (exact) mass is 498 g/mol. The average Bonchev–Trinajstić information content (AvgIpc) is 2.64. The Hall–Kier alpha value is -2.06. The molecule has 0 spiro atoms. The normalized spacial score (nSPS) is 10.7. The number of methoxy groups -OCH3 is 1. The molecule has 1 N–H and O–H groups in total. The fraction of sp³-hybridized carbons (Fsp3) is 0.263. The molecule has 0 bridgehead atoms. The third-order valence-electron chi connectivity index (χ3n) is 3.42. The van der Waals surface area contributed by atoms with E-state index in [9.17, 15) is 4.79 Å². The van der Waals surface area contributed by atoms with Crippen LogP contribution in [0.1, 0.15) is 29.8 Å². The number of carbonyl (C=O) groups excluding carboxylic acids is 1. The molecule has 0 saturated carbocycles. The minimum Gasteiger partial charge on any atom is -0.493 e. The molecule has 0 aliphatic heterocycles. The number of hydrazone groups is 1. The van der Waals surface area contributed by atoms with Crippen molar-refractivity contribution in [1.29, 1.82) is 0 Å². The van der Waals surface area contributed by atoms with Gasteiger partial charge in [0.15, 0.2) is 11.5 Å². The Morgan fingerprint density at radius 1 is 1.11 bits per heavy atom. The van der Waals surface area contributed by atoms with Crippen LogP contribution in [-0.4, -0.2) is 32.4 Å². The van der Waals surface area contributed by atoms with E-state index in [-0.39, 0.29) is 5.91 Å². The van der Waals surface area contributed by atoms with Gasteiger partial charge in [0, 0.05) is 15.6 Å². The SMILES string of the molecule is CCOc1cc(C(=O)N/N=C/c2cc(Br)cc(Br)c2OCC)ccc1OC. The van der Waals surface area contributed by atoms with Gasteiger partial charge >= 0.3 is 0 Å². The van der Waals surface area contributed by atoms with Crippen LogP contribution < -0.4 is 19.6 Å². The minimum atomic E-state index is -0.359. The average molecular weight is 500 g/mol. The number of hydrogen-bond donors (Lipinski definition) is 1.